The summed E-state index contributed by atoms with van der Waals surface area (Å²) in [5.41, 5.74) is 0.509. The number of alkyl halides is 3. The van der Waals surface area contributed by atoms with Gasteiger partial charge in [0.1, 0.15) is 10.8 Å². The van der Waals surface area contributed by atoms with Gasteiger partial charge in [-0.05, 0) is 31.9 Å². The van der Waals surface area contributed by atoms with E-state index in [0.717, 1.165) is 43.4 Å². The van der Waals surface area contributed by atoms with Crippen molar-refractivity contribution < 1.29 is 27.2 Å². The number of urea groups is 1. The van der Waals surface area contributed by atoms with Crippen LogP contribution in [0.1, 0.15) is 55.5 Å². The van der Waals surface area contributed by atoms with Gasteiger partial charge in [0.25, 0.3) is 0 Å². The highest BCUT2D eigenvalue weighted by Crippen LogP contribution is 2.41. The number of aryl methyl sites for hydroxylation is 1. The van der Waals surface area contributed by atoms with Crippen LogP contribution in [-0.4, -0.2) is 49.7 Å². The number of halogens is 3. The second-order valence-electron chi connectivity index (χ2n) is 10.1. The van der Waals surface area contributed by atoms with Gasteiger partial charge in [0.05, 0.1) is 12.0 Å². The van der Waals surface area contributed by atoms with Gasteiger partial charge in [-0.15, -0.1) is 21.5 Å². The Hall–Kier alpha value is -4.40. The largest absolute Gasteiger partial charge is 0.434 e. The summed E-state index contributed by atoms with van der Waals surface area (Å²) in [5, 5.41) is 15.9. The Kier molecular flexibility index (Phi) is 8.99. The van der Waals surface area contributed by atoms with Crippen molar-refractivity contribution in [3.8, 4) is 33.2 Å². The molecule has 4 aromatic heterocycles. The maximum atomic E-state index is 14.2. The zero-order valence-corrected chi connectivity index (χ0v) is 24.2. The quantitative estimate of drug-likeness (QED) is 0.226. The van der Waals surface area contributed by atoms with Gasteiger partial charge in [0.15, 0.2) is 5.69 Å². The number of nitrogens with zero attached hydrogens (tertiary/aromatic N) is 5. The summed E-state index contributed by atoms with van der Waals surface area (Å²) < 4.78 is 48.1. The van der Waals surface area contributed by atoms with E-state index in [1.54, 1.807) is 19.9 Å². The molecule has 0 bridgehead atoms. The molecule has 226 valence electrons. The first-order valence-electron chi connectivity index (χ1n) is 13.8. The Morgan fingerprint density at radius 1 is 1.05 bits per heavy atom. The molecule has 0 aromatic carbocycles. The maximum Gasteiger partial charge on any atom is 0.434 e. The standard InChI is InChI=1S/C28H29F3N8O3S/c1-3-33-27(41)36-22-10-19(20(14-34-22)16-9-17(13-32-12-16)25-39-38-15(2)42-25)26-37-24(28(29,30)31)21(43-26)11-23(40)35-18-7-5-4-6-8-18/h9-10,12-14,18H,3-8,11H2,1-2H3,(H,35,40)(H2,33,34,36,41). The number of anilines is 1. The Labute approximate surface area is 248 Å². The predicted octanol–water partition coefficient (Wildman–Crippen LogP) is 5.78. The normalized spacial score (nSPS) is 14.0. The van der Waals surface area contributed by atoms with Crippen LogP contribution in [0.15, 0.2) is 35.1 Å². The Morgan fingerprint density at radius 3 is 2.51 bits per heavy atom. The molecule has 3 N–H and O–H groups in total. The average Bonchev–Trinajstić information content (AvgIpc) is 3.60. The van der Waals surface area contributed by atoms with Crippen molar-refractivity contribution in [2.24, 2.45) is 0 Å². The molecule has 0 saturated heterocycles. The summed E-state index contributed by atoms with van der Waals surface area (Å²) in [7, 11) is 0. The summed E-state index contributed by atoms with van der Waals surface area (Å²) >= 11 is 0.771. The first-order chi connectivity index (χ1) is 20.6. The fourth-order valence-corrected chi connectivity index (χ4v) is 5.96. The third kappa shape index (κ3) is 7.34. The Bertz CT molecular complexity index is 1610. The van der Waals surface area contributed by atoms with Crippen LogP contribution in [0.4, 0.5) is 23.8 Å². The number of amides is 3. The van der Waals surface area contributed by atoms with Gasteiger partial charge in [0, 0.05) is 59.7 Å². The van der Waals surface area contributed by atoms with Crippen LogP contribution < -0.4 is 16.0 Å². The molecule has 0 unspecified atom stereocenters. The molecular weight excluding hydrogens is 585 g/mol. The molecule has 1 aliphatic carbocycles. The lowest BCUT2D eigenvalue weighted by atomic mass is 9.95. The van der Waals surface area contributed by atoms with E-state index in [9.17, 15) is 22.8 Å². The number of thiazole rings is 1. The first-order valence-corrected chi connectivity index (χ1v) is 14.6. The van der Waals surface area contributed by atoms with E-state index in [0.29, 0.717) is 29.1 Å². The van der Waals surface area contributed by atoms with Gasteiger partial charge in [-0.3, -0.25) is 15.1 Å². The smallest absolute Gasteiger partial charge is 0.421 e. The second kappa shape index (κ2) is 12.9. The minimum absolute atomic E-state index is 0.00294. The number of aromatic nitrogens is 5. The predicted molar refractivity (Wildman–Crippen MR) is 153 cm³/mol. The molecule has 43 heavy (non-hydrogen) atoms. The number of carbonyl (C=O) groups is 2. The lowest BCUT2D eigenvalue weighted by Gasteiger charge is -2.22. The molecular formula is C28H29F3N8O3S. The molecule has 4 heterocycles. The second-order valence-corrected chi connectivity index (χ2v) is 11.1. The number of nitrogens with one attached hydrogen (secondary N) is 3. The molecule has 0 radical (unpaired) electrons. The van der Waals surface area contributed by atoms with Crippen LogP contribution in [0, 0.1) is 6.92 Å². The van der Waals surface area contributed by atoms with Crippen molar-refractivity contribution in [2.75, 3.05) is 11.9 Å². The topological polar surface area (TPSA) is 148 Å². The highest BCUT2D eigenvalue weighted by molar-refractivity contribution is 7.15. The Morgan fingerprint density at radius 2 is 1.81 bits per heavy atom. The molecule has 1 aliphatic rings. The van der Waals surface area contributed by atoms with Crippen LogP contribution >= 0.6 is 11.3 Å². The first kappa shape index (κ1) is 30.1. The van der Waals surface area contributed by atoms with E-state index >= 15 is 0 Å². The SMILES string of the molecule is CCNC(=O)Nc1cc(-c2nc(C(F)(F)F)c(CC(=O)NC3CCCCC3)s2)c(-c2cncc(-c3nnc(C)o3)c2)cn1. The molecule has 0 spiro atoms. The van der Waals surface area contributed by atoms with Crippen molar-refractivity contribution in [1.82, 2.24) is 35.8 Å². The summed E-state index contributed by atoms with van der Waals surface area (Å²) in [6.07, 6.45) is 3.86. The van der Waals surface area contributed by atoms with E-state index in [1.165, 1.54) is 24.7 Å². The summed E-state index contributed by atoms with van der Waals surface area (Å²) in [5.74, 6) is 0.191. The highest BCUT2D eigenvalue weighted by Gasteiger charge is 2.38. The monoisotopic (exact) mass is 614 g/mol. The van der Waals surface area contributed by atoms with Crippen molar-refractivity contribution in [3.63, 3.8) is 0 Å². The van der Waals surface area contributed by atoms with Crippen molar-refractivity contribution in [2.45, 2.75) is 64.6 Å². The van der Waals surface area contributed by atoms with Crippen molar-refractivity contribution in [1.29, 1.82) is 0 Å². The molecule has 11 nitrogen and oxygen atoms in total. The molecule has 5 rings (SSSR count). The van der Waals surface area contributed by atoms with E-state index in [1.807, 2.05) is 0 Å². The molecule has 15 heteroatoms. The van der Waals surface area contributed by atoms with Crippen LogP contribution in [0.2, 0.25) is 0 Å². The number of carbonyl (C=O) groups excluding carboxylic acids is 2. The lowest BCUT2D eigenvalue weighted by molar-refractivity contribution is -0.141. The van der Waals surface area contributed by atoms with Crippen molar-refractivity contribution >= 4 is 29.1 Å². The minimum atomic E-state index is -4.79. The van der Waals surface area contributed by atoms with Crippen LogP contribution in [-0.2, 0) is 17.4 Å². The van der Waals surface area contributed by atoms with Crippen molar-refractivity contribution in [3.05, 3.63) is 47.2 Å². The van der Waals surface area contributed by atoms with E-state index in [-0.39, 0.29) is 33.2 Å². The molecule has 3 amide bonds. The van der Waals surface area contributed by atoms with Crippen LogP contribution in [0.25, 0.3) is 33.2 Å². The molecule has 0 atom stereocenters. The van der Waals surface area contributed by atoms with Crippen LogP contribution in [0.3, 0.4) is 0 Å². The van der Waals surface area contributed by atoms with Gasteiger partial charge in [-0.2, -0.15) is 13.2 Å². The van der Waals surface area contributed by atoms with Gasteiger partial charge < -0.3 is 15.1 Å². The zero-order chi connectivity index (χ0) is 30.6. The summed E-state index contributed by atoms with van der Waals surface area (Å²) in [6.45, 7) is 3.74. The zero-order valence-electron chi connectivity index (χ0n) is 23.4. The van der Waals surface area contributed by atoms with Gasteiger partial charge in [0.2, 0.25) is 17.7 Å². The summed E-state index contributed by atoms with van der Waals surface area (Å²) in [6, 6.07) is 2.56. The van der Waals surface area contributed by atoms with E-state index in [4.69, 9.17) is 4.42 Å². The fourth-order valence-electron chi connectivity index (χ4n) is 4.85. The maximum absolute atomic E-state index is 14.2. The molecule has 1 saturated carbocycles. The average molecular weight is 615 g/mol. The highest BCUT2D eigenvalue weighted by atomic mass is 32.1. The van der Waals surface area contributed by atoms with Crippen LogP contribution in [0.5, 0.6) is 0 Å². The van der Waals surface area contributed by atoms with Gasteiger partial charge in [-0.25, -0.2) is 14.8 Å². The van der Waals surface area contributed by atoms with E-state index < -0.39 is 30.2 Å². The van der Waals surface area contributed by atoms with Gasteiger partial charge >= 0.3 is 12.2 Å². The molecule has 0 aliphatic heterocycles. The number of hydrogen-bond acceptors (Lipinski definition) is 9. The fraction of sp³-hybridized carbons (Fsp3) is 0.393. The number of hydrogen-bond donors (Lipinski definition) is 3. The lowest BCUT2D eigenvalue weighted by Crippen LogP contribution is -2.37. The summed E-state index contributed by atoms with van der Waals surface area (Å²) in [4.78, 5) is 37.3. The third-order valence-corrected chi connectivity index (χ3v) is 7.88. The number of rotatable bonds is 8. The van der Waals surface area contributed by atoms with E-state index in [2.05, 4.69) is 41.1 Å². The Balaban J connectivity index is 1.55. The molecule has 1 fully saturated rings. The molecule has 4 aromatic rings. The number of pyridine rings is 2. The third-order valence-electron chi connectivity index (χ3n) is 6.79. The minimum Gasteiger partial charge on any atom is -0.421 e. The van der Waals surface area contributed by atoms with Gasteiger partial charge in [-0.1, -0.05) is 19.3 Å².